The number of carbonyl (C=O) groups excluding carboxylic acids is 1. The van der Waals surface area contributed by atoms with Gasteiger partial charge in [-0.25, -0.2) is 0 Å². The molecule has 2 unspecified atom stereocenters. The van der Waals surface area contributed by atoms with Crippen LogP contribution in [0.1, 0.15) is 37.0 Å². The van der Waals surface area contributed by atoms with E-state index in [1.54, 1.807) is 0 Å². The summed E-state index contributed by atoms with van der Waals surface area (Å²) in [7, 11) is 0. The van der Waals surface area contributed by atoms with E-state index >= 15 is 0 Å². The van der Waals surface area contributed by atoms with Gasteiger partial charge in [0.2, 0.25) is 5.91 Å². The Kier molecular flexibility index (Phi) is 4.43. The smallest absolute Gasteiger partial charge is 0.248 e. The van der Waals surface area contributed by atoms with E-state index in [0.717, 1.165) is 25.9 Å². The Morgan fingerprint density at radius 3 is 2.53 bits per heavy atom. The second-order valence-electron chi connectivity index (χ2n) is 5.14. The number of nitrogens with two attached hydrogens (primary N) is 1. The Morgan fingerprint density at radius 2 is 2.00 bits per heavy atom. The molecule has 4 nitrogen and oxygen atoms in total. The van der Waals surface area contributed by atoms with Gasteiger partial charge in [0.05, 0.1) is 0 Å². The maximum Gasteiger partial charge on any atom is 0.248 e. The van der Waals surface area contributed by atoms with Crippen LogP contribution < -0.4 is 16.0 Å². The monoisotopic (exact) mass is 261 g/mol. The lowest BCUT2D eigenvalue weighted by molar-refractivity contribution is 0.100. The third-order valence-electron chi connectivity index (χ3n) is 3.95. The van der Waals surface area contributed by atoms with Crippen LogP contribution in [-0.4, -0.2) is 31.1 Å². The fourth-order valence-electron chi connectivity index (χ4n) is 2.64. The minimum absolute atomic E-state index is 0.370. The zero-order valence-corrected chi connectivity index (χ0v) is 11.7. The average molecular weight is 261 g/mol. The molecule has 0 saturated carbocycles. The molecule has 0 bridgehead atoms. The van der Waals surface area contributed by atoms with E-state index in [0.29, 0.717) is 17.6 Å². The molecular formula is C15H23N3O. The number of rotatable bonds is 4. The molecule has 2 atom stereocenters. The van der Waals surface area contributed by atoms with Gasteiger partial charge >= 0.3 is 0 Å². The number of carbonyl (C=O) groups is 1. The molecule has 0 aromatic heterocycles. The van der Waals surface area contributed by atoms with Gasteiger partial charge in [0.1, 0.15) is 0 Å². The van der Waals surface area contributed by atoms with Gasteiger partial charge in [-0.3, -0.25) is 4.79 Å². The molecule has 1 amide bonds. The number of primary amides is 1. The van der Waals surface area contributed by atoms with Gasteiger partial charge in [0, 0.05) is 36.4 Å². The Labute approximate surface area is 115 Å². The van der Waals surface area contributed by atoms with Gasteiger partial charge in [-0.05, 0) is 37.1 Å². The molecule has 3 N–H and O–H groups in total. The van der Waals surface area contributed by atoms with E-state index in [1.165, 1.54) is 5.69 Å². The van der Waals surface area contributed by atoms with Crippen molar-refractivity contribution in [1.82, 2.24) is 5.32 Å². The van der Waals surface area contributed by atoms with E-state index in [-0.39, 0.29) is 5.91 Å². The van der Waals surface area contributed by atoms with Gasteiger partial charge in [-0.2, -0.15) is 0 Å². The van der Waals surface area contributed by atoms with E-state index in [1.807, 2.05) is 24.3 Å². The highest BCUT2D eigenvalue weighted by atomic mass is 16.1. The number of piperazine rings is 1. The lowest BCUT2D eigenvalue weighted by atomic mass is 10.0. The van der Waals surface area contributed by atoms with Crippen molar-refractivity contribution in [2.75, 3.05) is 18.0 Å². The number of hydrogen-bond acceptors (Lipinski definition) is 3. The molecule has 2 rings (SSSR count). The second kappa shape index (κ2) is 6.06. The summed E-state index contributed by atoms with van der Waals surface area (Å²) >= 11 is 0. The minimum atomic E-state index is -0.370. The van der Waals surface area contributed by atoms with Crippen LogP contribution in [0.25, 0.3) is 0 Å². The van der Waals surface area contributed by atoms with E-state index in [4.69, 9.17) is 5.73 Å². The summed E-state index contributed by atoms with van der Waals surface area (Å²) in [6, 6.07) is 8.68. The topological polar surface area (TPSA) is 58.4 Å². The van der Waals surface area contributed by atoms with Crippen LogP contribution in [0.3, 0.4) is 0 Å². The second-order valence-corrected chi connectivity index (χ2v) is 5.14. The van der Waals surface area contributed by atoms with Crippen LogP contribution in [0.15, 0.2) is 24.3 Å². The van der Waals surface area contributed by atoms with E-state index < -0.39 is 0 Å². The van der Waals surface area contributed by atoms with E-state index in [9.17, 15) is 4.79 Å². The fraction of sp³-hybridized carbons (Fsp3) is 0.533. The quantitative estimate of drug-likeness (QED) is 0.868. The lowest BCUT2D eigenvalue weighted by Gasteiger charge is -2.41. The molecule has 1 aromatic carbocycles. The van der Waals surface area contributed by atoms with Crippen molar-refractivity contribution in [3.63, 3.8) is 0 Å². The molecule has 19 heavy (non-hydrogen) atoms. The predicted molar refractivity (Wildman–Crippen MR) is 78.5 cm³/mol. The summed E-state index contributed by atoms with van der Waals surface area (Å²) in [6.07, 6.45) is 2.24. The van der Waals surface area contributed by atoms with Crippen molar-refractivity contribution >= 4 is 11.6 Å². The van der Waals surface area contributed by atoms with Crippen LogP contribution in [0, 0.1) is 0 Å². The average Bonchev–Trinajstić information content (AvgIpc) is 2.46. The summed E-state index contributed by atoms with van der Waals surface area (Å²) in [5.41, 5.74) is 7.02. The summed E-state index contributed by atoms with van der Waals surface area (Å²) in [5, 5.41) is 3.58. The van der Waals surface area contributed by atoms with Crippen LogP contribution in [0.2, 0.25) is 0 Å². The Balaban J connectivity index is 2.18. The van der Waals surface area contributed by atoms with Crippen molar-refractivity contribution in [3.8, 4) is 0 Å². The molecule has 1 saturated heterocycles. The van der Waals surface area contributed by atoms with Crippen molar-refractivity contribution in [2.45, 2.75) is 38.8 Å². The summed E-state index contributed by atoms with van der Waals surface area (Å²) in [6.45, 7) is 6.46. The number of amides is 1. The molecule has 0 radical (unpaired) electrons. The van der Waals surface area contributed by atoms with Crippen LogP contribution in [0.5, 0.6) is 0 Å². The third-order valence-corrected chi connectivity index (χ3v) is 3.95. The van der Waals surface area contributed by atoms with Crippen molar-refractivity contribution in [2.24, 2.45) is 5.73 Å². The third kappa shape index (κ3) is 3.07. The van der Waals surface area contributed by atoms with Crippen LogP contribution in [-0.2, 0) is 0 Å². The first-order chi connectivity index (χ1) is 9.15. The van der Waals surface area contributed by atoms with Gasteiger partial charge < -0.3 is 16.0 Å². The number of anilines is 1. The van der Waals surface area contributed by atoms with E-state index in [2.05, 4.69) is 24.1 Å². The Hall–Kier alpha value is -1.55. The number of nitrogens with one attached hydrogen (secondary N) is 1. The van der Waals surface area contributed by atoms with Crippen molar-refractivity contribution in [1.29, 1.82) is 0 Å². The highest BCUT2D eigenvalue weighted by Gasteiger charge is 2.25. The molecular weight excluding hydrogens is 238 g/mol. The molecule has 1 aromatic rings. The first-order valence-electron chi connectivity index (χ1n) is 7.05. The molecule has 4 heteroatoms. The lowest BCUT2D eigenvalue weighted by Crippen LogP contribution is -2.56. The van der Waals surface area contributed by atoms with Gasteiger partial charge in [0.25, 0.3) is 0 Å². The minimum Gasteiger partial charge on any atom is -0.366 e. The van der Waals surface area contributed by atoms with Crippen LogP contribution in [0.4, 0.5) is 5.69 Å². The maximum atomic E-state index is 11.1. The number of nitrogens with zero attached hydrogens (tertiary/aromatic N) is 1. The zero-order chi connectivity index (χ0) is 13.8. The first kappa shape index (κ1) is 13.9. The van der Waals surface area contributed by atoms with Crippen LogP contribution >= 0.6 is 0 Å². The molecule has 0 aliphatic carbocycles. The molecule has 0 spiro atoms. The Morgan fingerprint density at radius 1 is 1.32 bits per heavy atom. The molecule has 1 aliphatic rings. The highest BCUT2D eigenvalue weighted by Crippen LogP contribution is 2.22. The van der Waals surface area contributed by atoms with Crippen molar-refractivity contribution < 1.29 is 4.79 Å². The molecule has 1 fully saturated rings. The van der Waals surface area contributed by atoms with Gasteiger partial charge in [0.15, 0.2) is 0 Å². The number of benzene rings is 1. The SMILES string of the molecule is CCC1CN(c2ccc(C(N)=O)cc2)C(CC)CN1. The Bertz CT molecular complexity index is 430. The largest absolute Gasteiger partial charge is 0.366 e. The molecule has 104 valence electrons. The van der Waals surface area contributed by atoms with Gasteiger partial charge in [-0.15, -0.1) is 0 Å². The standard InChI is InChI=1S/C15H23N3O/c1-3-12-10-18(13(4-2)9-17-12)14-7-5-11(6-8-14)15(16)19/h5-8,12-13,17H,3-4,9-10H2,1-2H3,(H2,16,19). The summed E-state index contributed by atoms with van der Waals surface area (Å²) in [5.74, 6) is -0.370. The fourth-order valence-corrected chi connectivity index (χ4v) is 2.64. The highest BCUT2D eigenvalue weighted by molar-refractivity contribution is 5.93. The molecule has 1 aliphatic heterocycles. The summed E-state index contributed by atoms with van der Waals surface area (Å²) < 4.78 is 0. The summed E-state index contributed by atoms with van der Waals surface area (Å²) in [4.78, 5) is 13.5. The maximum absolute atomic E-state index is 11.1. The predicted octanol–water partition coefficient (Wildman–Crippen LogP) is 1.75. The van der Waals surface area contributed by atoms with Crippen molar-refractivity contribution in [3.05, 3.63) is 29.8 Å². The number of hydrogen-bond donors (Lipinski definition) is 2. The molecule has 1 heterocycles. The normalized spacial score (nSPS) is 23.4. The van der Waals surface area contributed by atoms with Gasteiger partial charge in [-0.1, -0.05) is 13.8 Å². The first-order valence-corrected chi connectivity index (χ1v) is 7.05. The zero-order valence-electron chi connectivity index (χ0n) is 11.7.